The van der Waals surface area contributed by atoms with Gasteiger partial charge in [0.15, 0.2) is 0 Å². The molecule has 0 radical (unpaired) electrons. The van der Waals surface area contributed by atoms with Gasteiger partial charge in [0, 0.05) is 19.5 Å². The Balaban J connectivity index is 2.08. The molecule has 1 aliphatic heterocycles. The van der Waals surface area contributed by atoms with Crippen LogP contribution in [0.2, 0.25) is 0 Å². The third kappa shape index (κ3) is 4.18. The lowest BCUT2D eigenvalue weighted by molar-refractivity contribution is -0.137. The summed E-state index contributed by atoms with van der Waals surface area (Å²) in [4.78, 5) is 21.9. The molecule has 0 aliphatic carbocycles. The van der Waals surface area contributed by atoms with E-state index in [2.05, 4.69) is 17.6 Å². The minimum atomic E-state index is -0.778. The van der Waals surface area contributed by atoms with Gasteiger partial charge in [-0.15, -0.1) is 0 Å². The first-order chi connectivity index (χ1) is 7.61. The lowest BCUT2D eigenvalue weighted by Crippen LogP contribution is -2.34. The van der Waals surface area contributed by atoms with Crippen LogP contribution in [0.25, 0.3) is 0 Å². The molecule has 2 atom stereocenters. The van der Waals surface area contributed by atoms with E-state index in [-0.39, 0.29) is 18.2 Å². The second-order valence-corrected chi connectivity index (χ2v) is 4.38. The highest BCUT2D eigenvalue weighted by atomic mass is 16.4. The van der Waals surface area contributed by atoms with Crippen molar-refractivity contribution >= 4 is 11.9 Å². The minimum absolute atomic E-state index is 0.0690. The summed E-state index contributed by atoms with van der Waals surface area (Å²) in [6.45, 7) is 4.29. The van der Waals surface area contributed by atoms with Crippen molar-refractivity contribution in [1.29, 1.82) is 0 Å². The Morgan fingerprint density at radius 3 is 2.69 bits per heavy atom. The van der Waals surface area contributed by atoms with Gasteiger partial charge < -0.3 is 15.7 Å². The summed E-state index contributed by atoms with van der Waals surface area (Å²) in [6.07, 6.45) is 1.53. The van der Waals surface area contributed by atoms with E-state index >= 15 is 0 Å². The molecular formula is C11H20N2O3. The Kier molecular flexibility index (Phi) is 5.25. The van der Waals surface area contributed by atoms with E-state index in [0.717, 1.165) is 19.5 Å². The third-order valence-electron chi connectivity index (χ3n) is 2.97. The molecule has 3 N–H and O–H groups in total. The van der Waals surface area contributed by atoms with Crippen molar-refractivity contribution in [1.82, 2.24) is 10.6 Å². The van der Waals surface area contributed by atoms with Crippen molar-refractivity contribution in [3.05, 3.63) is 0 Å². The molecule has 0 saturated carbocycles. The topological polar surface area (TPSA) is 78.4 Å². The van der Waals surface area contributed by atoms with Gasteiger partial charge >= 0.3 is 5.97 Å². The summed E-state index contributed by atoms with van der Waals surface area (Å²) in [5.74, 6) is -0.230. The Morgan fingerprint density at radius 1 is 1.38 bits per heavy atom. The monoisotopic (exact) mass is 228 g/mol. The molecular weight excluding hydrogens is 208 g/mol. The van der Waals surface area contributed by atoms with Crippen molar-refractivity contribution in [2.24, 2.45) is 11.8 Å². The molecule has 1 heterocycles. The summed E-state index contributed by atoms with van der Waals surface area (Å²) >= 11 is 0. The number of amides is 1. The maximum atomic E-state index is 11.7. The molecule has 1 rings (SSSR count). The van der Waals surface area contributed by atoms with Crippen molar-refractivity contribution in [3.8, 4) is 0 Å². The Morgan fingerprint density at radius 2 is 2.12 bits per heavy atom. The van der Waals surface area contributed by atoms with Gasteiger partial charge in [0.05, 0.1) is 5.92 Å². The average molecular weight is 228 g/mol. The van der Waals surface area contributed by atoms with Crippen LogP contribution in [0.1, 0.15) is 26.2 Å². The number of rotatable bonds is 6. The first-order valence-corrected chi connectivity index (χ1v) is 5.81. The van der Waals surface area contributed by atoms with Gasteiger partial charge in [-0.1, -0.05) is 6.92 Å². The van der Waals surface area contributed by atoms with Crippen LogP contribution in [-0.2, 0) is 9.59 Å². The van der Waals surface area contributed by atoms with Gasteiger partial charge in [-0.3, -0.25) is 9.59 Å². The smallest absolute Gasteiger partial charge is 0.303 e. The number of unbranched alkanes of at least 4 members (excludes halogenated alkanes) is 1. The maximum absolute atomic E-state index is 11.7. The van der Waals surface area contributed by atoms with E-state index in [1.54, 1.807) is 0 Å². The Hall–Kier alpha value is -1.10. The zero-order chi connectivity index (χ0) is 12.0. The standard InChI is InChI=1S/C11H20N2O3/c1-8-6-12-7-9(8)11(16)13-5-3-2-4-10(14)15/h8-9,12H,2-7H2,1H3,(H,13,16)(H,14,15)/t8-,9-/m1/s1. The molecule has 5 nitrogen and oxygen atoms in total. The van der Waals surface area contributed by atoms with Crippen LogP contribution in [0.4, 0.5) is 0 Å². The van der Waals surface area contributed by atoms with Crippen LogP contribution in [-0.4, -0.2) is 36.6 Å². The molecule has 92 valence electrons. The molecule has 0 aromatic carbocycles. The molecule has 0 spiro atoms. The van der Waals surface area contributed by atoms with E-state index in [4.69, 9.17) is 5.11 Å². The molecule has 16 heavy (non-hydrogen) atoms. The van der Waals surface area contributed by atoms with Crippen LogP contribution in [0.5, 0.6) is 0 Å². The fourth-order valence-electron chi connectivity index (χ4n) is 1.90. The van der Waals surface area contributed by atoms with Crippen LogP contribution >= 0.6 is 0 Å². The van der Waals surface area contributed by atoms with Crippen molar-refractivity contribution < 1.29 is 14.7 Å². The highest BCUT2D eigenvalue weighted by Crippen LogP contribution is 2.15. The quantitative estimate of drug-likeness (QED) is 0.568. The summed E-state index contributed by atoms with van der Waals surface area (Å²) in [7, 11) is 0. The highest BCUT2D eigenvalue weighted by molar-refractivity contribution is 5.79. The molecule has 0 unspecified atom stereocenters. The molecule has 1 amide bonds. The number of carbonyl (C=O) groups is 2. The minimum Gasteiger partial charge on any atom is -0.481 e. The largest absolute Gasteiger partial charge is 0.481 e. The average Bonchev–Trinajstić information content (AvgIpc) is 2.63. The van der Waals surface area contributed by atoms with Gasteiger partial charge in [-0.05, 0) is 25.3 Å². The van der Waals surface area contributed by atoms with Crippen molar-refractivity contribution in [2.75, 3.05) is 19.6 Å². The van der Waals surface area contributed by atoms with E-state index in [1.807, 2.05) is 0 Å². The summed E-state index contributed by atoms with van der Waals surface area (Å²) < 4.78 is 0. The lowest BCUT2D eigenvalue weighted by atomic mass is 9.97. The number of carboxylic acids is 1. The second-order valence-electron chi connectivity index (χ2n) is 4.38. The second kappa shape index (κ2) is 6.48. The zero-order valence-corrected chi connectivity index (χ0v) is 9.66. The van der Waals surface area contributed by atoms with Gasteiger partial charge in [-0.25, -0.2) is 0 Å². The highest BCUT2D eigenvalue weighted by Gasteiger charge is 2.28. The molecule has 0 aromatic heterocycles. The lowest BCUT2D eigenvalue weighted by Gasteiger charge is -2.13. The number of carboxylic acid groups (broad SMARTS) is 1. The van der Waals surface area contributed by atoms with Crippen LogP contribution in [0.15, 0.2) is 0 Å². The maximum Gasteiger partial charge on any atom is 0.303 e. The normalized spacial score (nSPS) is 24.3. The number of carbonyl (C=O) groups excluding carboxylic acids is 1. The summed E-state index contributed by atoms with van der Waals surface area (Å²) in [5.41, 5.74) is 0. The van der Waals surface area contributed by atoms with Gasteiger partial charge in [-0.2, -0.15) is 0 Å². The molecule has 0 aromatic rings. The fraction of sp³-hybridized carbons (Fsp3) is 0.818. The Bertz CT molecular complexity index is 256. The van der Waals surface area contributed by atoms with Crippen LogP contribution < -0.4 is 10.6 Å². The van der Waals surface area contributed by atoms with E-state index in [9.17, 15) is 9.59 Å². The van der Waals surface area contributed by atoms with Gasteiger partial charge in [0.1, 0.15) is 0 Å². The van der Waals surface area contributed by atoms with Crippen molar-refractivity contribution in [2.45, 2.75) is 26.2 Å². The van der Waals surface area contributed by atoms with Crippen LogP contribution in [0.3, 0.4) is 0 Å². The molecule has 1 fully saturated rings. The van der Waals surface area contributed by atoms with Crippen LogP contribution in [0, 0.1) is 11.8 Å². The zero-order valence-electron chi connectivity index (χ0n) is 9.66. The number of aliphatic carboxylic acids is 1. The number of hydrogen-bond acceptors (Lipinski definition) is 3. The molecule has 1 saturated heterocycles. The SMILES string of the molecule is C[C@@H]1CNC[C@H]1C(=O)NCCCCC(=O)O. The first kappa shape index (κ1) is 13.0. The van der Waals surface area contributed by atoms with E-state index in [0.29, 0.717) is 18.9 Å². The van der Waals surface area contributed by atoms with E-state index in [1.165, 1.54) is 0 Å². The molecule has 0 bridgehead atoms. The van der Waals surface area contributed by atoms with E-state index < -0.39 is 5.97 Å². The predicted octanol–water partition coefficient (Wildman–Crippen LogP) is 0.213. The van der Waals surface area contributed by atoms with Gasteiger partial charge in [0.2, 0.25) is 5.91 Å². The summed E-state index contributed by atoms with van der Waals surface area (Å²) in [5, 5.41) is 14.5. The molecule has 5 heteroatoms. The summed E-state index contributed by atoms with van der Waals surface area (Å²) in [6, 6.07) is 0. The predicted molar refractivity (Wildman–Crippen MR) is 60.0 cm³/mol. The fourth-order valence-corrected chi connectivity index (χ4v) is 1.90. The van der Waals surface area contributed by atoms with Gasteiger partial charge in [0.25, 0.3) is 0 Å². The Labute approximate surface area is 95.6 Å². The third-order valence-corrected chi connectivity index (χ3v) is 2.97. The van der Waals surface area contributed by atoms with Crippen molar-refractivity contribution in [3.63, 3.8) is 0 Å². The first-order valence-electron chi connectivity index (χ1n) is 5.81. The number of hydrogen-bond donors (Lipinski definition) is 3. The molecule has 1 aliphatic rings. The number of nitrogens with one attached hydrogen (secondary N) is 2.